The maximum atomic E-state index is 12.5. The molecule has 0 fully saturated rings. The maximum Gasteiger partial charge on any atom is 0.243 e. The molecule has 0 aliphatic rings. The first kappa shape index (κ1) is 26.6. The molecule has 0 heterocycles. The van der Waals surface area contributed by atoms with Crippen molar-refractivity contribution in [1.29, 1.82) is 0 Å². The molecule has 0 bridgehead atoms. The van der Waals surface area contributed by atoms with Crippen molar-refractivity contribution in [3.8, 4) is 0 Å². The molecule has 0 aromatic heterocycles. The molecule has 6 heteroatoms. The topological polar surface area (TPSA) is 66.5 Å². The molecule has 1 aromatic carbocycles. The molecule has 0 atom stereocenters. The van der Waals surface area contributed by atoms with Gasteiger partial charge in [0.15, 0.2) is 0 Å². The van der Waals surface area contributed by atoms with E-state index in [1.807, 2.05) is 13.8 Å². The number of nitrogens with zero attached hydrogens (tertiary/aromatic N) is 1. The van der Waals surface area contributed by atoms with Crippen LogP contribution in [0.1, 0.15) is 97.8 Å². The summed E-state index contributed by atoms with van der Waals surface area (Å²) in [5.74, 6) is -0.00901. The first-order chi connectivity index (χ1) is 14.5. The number of hydrogen-bond acceptors (Lipinski definition) is 3. The molecule has 0 radical (unpaired) electrons. The van der Waals surface area contributed by atoms with Crippen LogP contribution in [0.2, 0.25) is 0 Å². The quantitative estimate of drug-likeness (QED) is 0.288. The summed E-state index contributed by atoms with van der Waals surface area (Å²) in [4.78, 5) is 12.4. The first-order valence-corrected chi connectivity index (χ1v) is 13.3. The number of nitrogens with one attached hydrogen (secondary N) is 1. The fourth-order valence-electron chi connectivity index (χ4n) is 3.60. The second-order valence-electron chi connectivity index (χ2n) is 7.95. The van der Waals surface area contributed by atoms with E-state index in [1.54, 1.807) is 24.3 Å². The summed E-state index contributed by atoms with van der Waals surface area (Å²) in [6.07, 6.45) is 14.4. The number of hydrogen-bond donors (Lipinski definition) is 1. The Hall–Kier alpha value is -1.40. The average molecular weight is 439 g/mol. The van der Waals surface area contributed by atoms with Crippen LogP contribution in [0.4, 0.5) is 5.69 Å². The third kappa shape index (κ3) is 10.1. The van der Waals surface area contributed by atoms with Crippen LogP contribution in [0.3, 0.4) is 0 Å². The zero-order valence-electron chi connectivity index (χ0n) is 19.3. The van der Waals surface area contributed by atoms with Gasteiger partial charge in [-0.15, -0.1) is 0 Å². The Morgan fingerprint density at radius 2 is 1.23 bits per heavy atom. The second-order valence-corrected chi connectivity index (χ2v) is 9.89. The van der Waals surface area contributed by atoms with E-state index in [0.717, 1.165) is 12.8 Å². The number of carbonyl (C=O) groups is 1. The Balaban J connectivity index is 2.22. The van der Waals surface area contributed by atoms with E-state index in [-0.39, 0.29) is 10.8 Å². The molecule has 5 nitrogen and oxygen atoms in total. The molecular formula is C24H42N2O3S. The lowest BCUT2D eigenvalue weighted by molar-refractivity contribution is -0.116. The van der Waals surface area contributed by atoms with Crippen molar-refractivity contribution in [3.05, 3.63) is 24.3 Å². The van der Waals surface area contributed by atoms with Gasteiger partial charge in [0.2, 0.25) is 15.9 Å². The third-order valence-electron chi connectivity index (χ3n) is 5.49. The van der Waals surface area contributed by atoms with Gasteiger partial charge in [0, 0.05) is 25.2 Å². The molecule has 172 valence electrons. The van der Waals surface area contributed by atoms with Crippen LogP contribution in [-0.2, 0) is 14.8 Å². The van der Waals surface area contributed by atoms with Crippen LogP contribution in [0.5, 0.6) is 0 Å². The Kier molecular flexibility index (Phi) is 13.7. The fourth-order valence-corrected chi connectivity index (χ4v) is 5.05. The van der Waals surface area contributed by atoms with Gasteiger partial charge in [0.1, 0.15) is 0 Å². The predicted octanol–water partition coefficient (Wildman–Crippen LogP) is 6.36. The molecule has 1 rings (SSSR count). The summed E-state index contributed by atoms with van der Waals surface area (Å²) in [5, 5.41) is 2.87. The smallest absolute Gasteiger partial charge is 0.243 e. The van der Waals surface area contributed by atoms with Gasteiger partial charge in [0.25, 0.3) is 0 Å². The Bertz CT molecular complexity index is 683. The van der Waals surface area contributed by atoms with Crippen LogP contribution in [0.25, 0.3) is 0 Å². The van der Waals surface area contributed by atoms with Gasteiger partial charge in [-0.2, -0.15) is 4.31 Å². The minimum Gasteiger partial charge on any atom is -0.326 e. The summed E-state index contributed by atoms with van der Waals surface area (Å²) in [6, 6.07) is 6.45. The van der Waals surface area contributed by atoms with Crippen molar-refractivity contribution in [1.82, 2.24) is 4.31 Å². The zero-order valence-corrected chi connectivity index (χ0v) is 20.1. The molecule has 0 aliphatic heterocycles. The lowest BCUT2D eigenvalue weighted by Crippen LogP contribution is -2.30. The summed E-state index contributed by atoms with van der Waals surface area (Å²) in [5.41, 5.74) is 0.640. The minimum atomic E-state index is -3.46. The van der Waals surface area contributed by atoms with Gasteiger partial charge >= 0.3 is 0 Å². The van der Waals surface area contributed by atoms with E-state index in [0.29, 0.717) is 25.2 Å². The minimum absolute atomic E-state index is 0.00901. The predicted molar refractivity (Wildman–Crippen MR) is 126 cm³/mol. The second kappa shape index (κ2) is 15.4. The largest absolute Gasteiger partial charge is 0.326 e. The van der Waals surface area contributed by atoms with E-state index < -0.39 is 10.0 Å². The van der Waals surface area contributed by atoms with Crippen LogP contribution < -0.4 is 5.32 Å². The van der Waals surface area contributed by atoms with Gasteiger partial charge in [0.05, 0.1) is 4.90 Å². The highest BCUT2D eigenvalue weighted by Crippen LogP contribution is 2.19. The summed E-state index contributed by atoms with van der Waals surface area (Å²) in [6.45, 7) is 6.78. The van der Waals surface area contributed by atoms with Gasteiger partial charge in [-0.3, -0.25) is 4.79 Å². The zero-order chi connectivity index (χ0) is 22.2. The van der Waals surface area contributed by atoms with Gasteiger partial charge in [-0.05, 0) is 30.7 Å². The van der Waals surface area contributed by atoms with Gasteiger partial charge < -0.3 is 5.32 Å². The standard InChI is InChI=1S/C24H42N2O3S/c1-4-7-8-9-10-11-12-13-14-15-16-17-24(27)25-22-18-20-23(21-19-22)30(28,29)26(5-2)6-3/h18-21H,4-17H2,1-3H3,(H,25,27). The van der Waals surface area contributed by atoms with Crippen LogP contribution >= 0.6 is 0 Å². The van der Waals surface area contributed by atoms with Gasteiger partial charge in [-0.1, -0.05) is 85.0 Å². The molecule has 0 unspecified atom stereocenters. The highest BCUT2D eigenvalue weighted by Gasteiger charge is 2.21. The number of carbonyl (C=O) groups excluding carboxylic acids is 1. The molecule has 1 aromatic rings. The molecule has 0 spiro atoms. The Labute approximate surface area is 184 Å². The fraction of sp³-hybridized carbons (Fsp3) is 0.708. The monoisotopic (exact) mass is 438 g/mol. The molecule has 30 heavy (non-hydrogen) atoms. The lowest BCUT2D eigenvalue weighted by atomic mass is 10.1. The van der Waals surface area contributed by atoms with E-state index in [1.165, 1.54) is 62.1 Å². The number of anilines is 1. The van der Waals surface area contributed by atoms with Gasteiger partial charge in [-0.25, -0.2) is 8.42 Å². The normalized spacial score (nSPS) is 11.7. The number of benzene rings is 1. The highest BCUT2D eigenvalue weighted by molar-refractivity contribution is 7.89. The Morgan fingerprint density at radius 1 is 0.767 bits per heavy atom. The number of sulfonamides is 1. The highest BCUT2D eigenvalue weighted by atomic mass is 32.2. The third-order valence-corrected chi connectivity index (χ3v) is 7.55. The average Bonchev–Trinajstić information content (AvgIpc) is 2.73. The summed E-state index contributed by atoms with van der Waals surface area (Å²) in [7, 11) is -3.46. The van der Waals surface area contributed by atoms with E-state index in [4.69, 9.17) is 0 Å². The first-order valence-electron chi connectivity index (χ1n) is 11.9. The number of rotatable bonds is 17. The summed E-state index contributed by atoms with van der Waals surface area (Å²) < 4.78 is 26.4. The SMILES string of the molecule is CCCCCCCCCCCCCC(=O)Nc1ccc(S(=O)(=O)N(CC)CC)cc1. The van der Waals surface area contributed by atoms with Crippen molar-refractivity contribution < 1.29 is 13.2 Å². The molecule has 0 saturated heterocycles. The number of unbranched alkanes of at least 4 members (excludes halogenated alkanes) is 10. The number of amides is 1. The Morgan fingerprint density at radius 3 is 1.70 bits per heavy atom. The lowest BCUT2D eigenvalue weighted by Gasteiger charge is -2.18. The molecule has 0 aliphatic carbocycles. The van der Waals surface area contributed by atoms with Crippen LogP contribution in [-0.4, -0.2) is 31.7 Å². The molecular weight excluding hydrogens is 396 g/mol. The molecule has 1 amide bonds. The van der Waals surface area contributed by atoms with Crippen molar-refractivity contribution in [2.75, 3.05) is 18.4 Å². The van der Waals surface area contributed by atoms with Crippen molar-refractivity contribution in [3.63, 3.8) is 0 Å². The van der Waals surface area contributed by atoms with Crippen molar-refractivity contribution >= 4 is 21.6 Å². The van der Waals surface area contributed by atoms with E-state index >= 15 is 0 Å². The van der Waals surface area contributed by atoms with E-state index in [9.17, 15) is 13.2 Å². The van der Waals surface area contributed by atoms with Crippen molar-refractivity contribution in [2.45, 2.75) is 103 Å². The van der Waals surface area contributed by atoms with Crippen LogP contribution in [0, 0.1) is 0 Å². The summed E-state index contributed by atoms with van der Waals surface area (Å²) >= 11 is 0. The van der Waals surface area contributed by atoms with Crippen LogP contribution in [0.15, 0.2) is 29.2 Å². The van der Waals surface area contributed by atoms with Crippen molar-refractivity contribution in [2.24, 2.45) is 0 Å². The van der Waals surface area contributed by atoms with E-state index in [2.05, 4.69) is 12.2 Å². The maximum absolute atomic E-state index is 12.5. The molecule has 0 saturated carbocycles. The molecule has 1 N–H and O–H groups in total.